The molecule has 0 bridgehead atoms. The van der Waals surface area contributed by atoms with E-state index in [-0.39, 0.29) is 47.8 Å². The van der Waals surface area contributed by atoms with E-state index in [1.165, 1.54) is 14.2 Å². The summed E-state index contributed by atoms with van der Waals surface area (Å²) < 4.78 is 9.46. The van der Waals surface area contributed by atoms with E-state index in [9.17, 15) is 28.8 Å². The number of hydrogen-bond acceptors (Lipinski definition) is 10. The minimum atomic E-state index is -0.863. The van der Waals surface area contributed by atoms with Gasteiger partial charge in [-0.05, 0) is 98.0 Å². The number of nitrogens with one attached hydrogen (secondary N) is 3. The average molecular weight is 878 g/mol. The van der Waals surface area contributed by atoms with Crippen LogP contribution in [0.3, 0.4) is 0 Å². The number of alkyl carbamates (subject to hydrolysis) is 1. The monoisotopic (exact) mass is 877 g/mol. The standard InChI is InChI=1S/C49H63N7O8/c1-48(2,3)41(52-46(61)63-7)40(57)30-54-28-12-16-38(54)43(58)50-33-22-18-31(19-23-33)36-26-27-37(56(36)35-14-10-9-11-15-35)32-20-24-34(25-21-32)51-44(59)39-17-13-29-55(39)45(60)42(49(4,5)6)53-47(62)64-8/h9-11,14-15,18-25,36-39,42H,12-13,16-17,26-30H2,1-8H3,(H,50,58)(H,51,59)(H,53,62)/t36-,37+,38+,39+,42-/m1/s1. The molecule has 15 heteroatoms. The number of likely N-dealkylation sites (tertiary alicyclic amines) is 2. The second-order valence-electron chi connectivity index (χ2n) is 18.9. The van der Waals surface area contributed by atoms with Crippen LogP contribution in [0.2, 0.25) is 0 Å². The van der Waals surface area contributed by atoms with Gasteiger partial charge in [-0.1, -0.05) is 84.0 Å². The van der Waals surface area contributed by atoms with Gasteiger partial charge in [-0.2, -0.15) is 4.99 Å². The molecule has 0 unspecified atom stereocenters. The van der Waals surface area contributed by atoms with Crippen molar-refractivity contribution in [2.24, 2.45) is 15.8 Å². The van der Waals surface area contributed by atoms with Crippen molar-refractivity contribution in [3.8, 4) is 0 Å². The molecule has 3 fully saturated rings. The molecule has 3 aliphatic rings. The van der Waals surface area contributed by atoms with Crippen molar-refractivity contribution in [2.45, 2.75) is 110 Å². The smallest absolute Gasteiger partial charge is 0.433 e. The lowest BCUT2D eigenvalue weighted by molar-refractivity contribution is -0.140. The van der Waals surface area contributed by atoms with Gasteiger partial charge in [-0.3, -0.25) is 24.1 Å². The maximum absolute atomic E-state index is 13.7. The maximum Gasteiger partial charge on any atom is 0.433 e. The van der Waals surface area contributed by atoms with Crippen LogP contribution in [-0.2, 0) is 28.7 Å². The highest BCUT2D eigenvalue weighted by Crippen LogP contribution is 2.47. The molecule has 15 nitrogen and oxygen atoms in total. The predicted octanol–water partition coefficient (Wildman–Crippen LogP) is 7.70. The number of para-hydroxylation sites is 1. The van der Waals surface area contributed by atoms with Gasteiger partial charge in [-0.25, -0.2) is 9.59 Å². The lowest BCUT2D eigenvalue weighted by Gasteiger charge is -2.35. The van der Waals surface area contributed by atoms with Crippen LogP contribution in [0.5, 0.6) is 0 Å². The van der Waals surface area contributed by atoms with Gasteiger partial charge in [0, 0.05) is 29.0 Å². The van der Waals surface area contributed by atoms with Crippen molar-refractivity contribution >= 4 is 58.5 Å². The number of nitrogens with zero attached hydrogens (tertiary/aromatic N) is 4. The molecule has 342 valence electrons. The molecule has 3 N–H and O–H groups in total. The van der Waals surface area contributed by atoms with E-state index in [2.05, 4.69) is 54.8 Å². The largest absolute Gasteiger partial charge is 0.453 e. The molecule has 3 aromatic carbocycles. The van der Waals surface area contributed by atoms with Crippen molar-refractivity contribution in [2.75, 3.05) is 49.4 Å². The summed E-state index contributed by atoms with van der Waals surface area (Å²) in [5.74, 6) is -1.10. The maximum atomic E-state index is 13.7. The highest BCUT2D eigenvalue weighted by atomic mass is 16.5. The highest BCUT2D eigenvalue weighted by molar-refractivity contribution is 6.43. The number of Topliss-reactive ketones (excluding diaryl/α,β-unsaturated/α-hetero) is 1. The summed E-state index contributed by atoms with van der Waals surface area (Å²) in [7, 11) is 2.47. The zero-order valence-electron chi connectivity index (χ0n) is 38.3. The van der Waals surface area contributed by atoms with E-state index in [0.717, 1.165) is 36.1 Å². The van der Waals surface area contributed by atoms with Crippen LogP contribution in [-0.4, -0.2) is 103 Å². The normalized spacial score (nSPS) is 21.0. The number of ether oxygens (including phenoxy) is 2. The summed E-state index contributed by atoms with van der Waals surface area (Å²) in [4.78, 5) is 88.2. The second kappa shape index (κ2) is 20.2. The molecule has 0 saturated carbocycles. The number of carbonyl (C=O) groups excluding carboxylic acids is 6. The van der Waals surface area contributed by atoms with Gasteiger partial charge in [0.15, 0.2) is 5.78 Å². The minimum Gasteiger partial charge on any atom is -0.453 e. The Morgan fingerprint density at radius 3 is 1.73 bits per heavy atom. The Bertz CT molecular complexity index is 2200. The summed E-state index contributed by atoms with van der Waals surface area (Å²) >= 11 is 0. The molecule has 0 radical (unpaired) electrons. The number of rotatable bonds is 12. The number of methoxy groups -OCH3 is 2. The number of amides is 5. The molecule has 0 aromatic heterocycles. The van der Waals surface area contributed by atoms with E-state index >= 15 is 0 Å². The van der Waals surface area contributed by atoms with Crippen LogP contribution < -0.4 is 20.9 Å². The van der Waals surface area contributed by atoms with Crippen LogP contribution in [0.1, 0.15) is 103 Å². The van der Waals surface area contributed by atoms with Gasteiger partial charge in [0.1, 0.15) is 12.1 Å². The van der Waals surface area contributed by atoms with Crippen molar-refractivity contribution < 1.29 is 38.2 Å². The third kappa shape index (κ3) is 11.2. The first-order chi connectivity index (χ1) is 30.4. The summed E-state index contributed by atoms with van der Waals surface area (Å²) in [6.45, 7) is 12.0. The van der Waals surface area contributed by atoms with Gasteiger partial charge < -0.3 is 35.2 Å². The fraction of sp³-hybridized carbons (Fsp3) is 0.490. The van der Waals surface area contributed by atoms with Gasteiger partial charge in [-0.15, -0.1) is 0 Å². The van der Waals surface area contributed by atoms with Crippen LogP contribution in [0.4, 0.5) is 26.7 Å². The summed E-state index contributed by atoms with van der Waals surface area (Å²) in [5, 5.41) is 8.76. The first kappa shape index (κ1) is 47.4. The molecule has 5 amide bonds. The van der Waals surface area contributed by atoms with Crippen LogP contribution in [0.25, 0.3) is 0 Å². The number of ketones is 1. The fourth-order valence-electron chi connectivity index (χ4n) is 9.11. The summed E-state index contributed by atoms with van der Waals surface area (Å²) in [6.07, 6.45) is 2.80. The molecule has 3 heterocycles. The van der Waals surface area contributed by atoms with E-state index in [4.69, 9.17) is 4.74 Å². The number of carbonyl (C=O) groups is 6. The SMILES string of the molecule is COC(=O)N=C(C(=O)CN1CCC[C@H]1C(=O)Nc1ccc([C@H]2CC[C@@H](c3ccc(NC(=O)[C@@H]4CCCN4C(=O)[C@@H](NC(=O)OC)C(C)(C)C)cc3)N2c2ccccc2)cc1)C(C)(C)C. The highest BCUT2D eigenvalue weighted by Gasteiger charge is 2.43. The third-order valence-corrected chi connectivity index (χ3v) is 12.3. The van der Waals surface area contributed by atoms with Crippen molar-refractivity contribution in [3.05, 3.63) is 90.0 Å². The molecule has 6 rings (SSSR count). The van der Waals surface area contributed by atoms with Crippen molar-refractivity contribution in [1.82, 2.24) is 15.1 Å². The van der Waals surface area contributed by atoms with Gasteiger partial charge >= 0.3 is 12.2 Å². The summed E-state index contributed by atoms with van der Waals surface area (Å²) in [5.41, 5.74) is 3.39. The lowest BCUT2D eigenvalue weighted by atomic mass is 9.85. The minimum absolute atomic E-state index is 0.0296. The Balaban J connectivity index is 1.11. The number of aliphatic imine (C=N–C) groups is 1. The second-order valence-corrected chi connectivity index (χ2v) is 18.9. The fourth-order valence-corrected chi connectivity index (χ4v) is 9.11. The molecular weight excluding hydrogens is 815 g/mol. The van der Waals surface area contributed by atoms with E-state index in [1.807, 2.05) is 101 Å². The van der Waals surface area contributed by atoms with Crippen LogP contribution >= 0.6 is 0 Å². The Kier molecular flexibility index (Phi) is 14.9. The number of hydrogen-bond donors (Lipinski definition) is 3. The Morgan fingerprint density at radius 1 is 0.688 bits per heavy atom. The van der Waals surface area contributed by atoms with Crippen LogP contribution in [0.15, 0.2) is 83.9 Å². The van der Waals surface area contributed by atoms with Gasteiger partial charge in [0.25, 0.3) is 0 Å². The van der Waals surface area contributed by atoms with Crippen molar-refractivity contribution in [1.29, 1.82) is 0 Å². The zero-order chi connectivity index (χ0) is 46.3. The Labute approximate surface area is 376 Å². The first-order valence-electron chi connectivity index (χ1n) is 22.1. The van der Waals surface area contributed by atoms with Crippen LogP contribution in [0, 0.1) is 10.8 Å². The first-order valence-corrected chi connectivity index (χ1v) is 22.1. The van der Waals surface area contributed by atoms with Gasteiger partial charge in [0.2, 0.25) is 17.7 Å². The van der Waals surface area contributed by atoms with Gasteiger partial charge in [0.05, 0.1) is 44.6 Å². The molecule has 3 saturated heterocycles. The average Bonchev–Trinajstić information content (AvgIpc) is 4.05. The topological polar surface area (TPSA) is 179 Å². The molecule has 0 spiro atoms. The van der Waals surface area contributed by atoms with E-state index < -0.39 is 41.1 Å². The Hall–Kier alpha value is -6.09. The van der Waals surface area contributed by atoms with E-state index in [0.29, 0.717) is 43.7 Å². The lowest BCUT2D eigenvalue weighted by Crippen LogP contribution is -2.57. The number of anilines is 3. The molecule has 3 aromatic rings. The molecular formula is C49H63N7O8. The Morgan fingerprint density at radius 2 is 1.22 bits per heavy atom. The molecule has 0 aliphatic carbocycles. The molecule has 64 heavy (non-hydrogen) atoms. The molecule has 3 aliphatic heterocycles. The van der Waals surface area contributed by atoms with E-state index in [1.54, 1.807) is 4.90 Å². The zero-order valence-corrected chi connectivity index (χ0v) is 38.3. The third-order valence-electron chi connectivity index (χ3n) is 12.3. The summed E-state index contributed by atoms with van der Waals surface area (Å²) in [6, 6.07) is 24.2. The number of benzene rings is 3. The predicted molar refractivity (Wildman–Crippen MR) is 246 cm³/mol. The molecule has 5 atom stereocenters. The quantitative estimate of drug-likeness (QED) is 0.153. The van der Waals surface area contributed by atoms with Crippen molar-refractivity contribution in [3.63, 3.8) is 0 Å².